The lowest BCUT2D eigenvalue weighted by molar-refractivity contribution is 0.968. The SMILES string of the molecule is Clc1ccc(Nc2cc(C3CC3)nc(NC3CC3)n2)cc1Cl. The molecule has 0 radical (unpaired) electrons. The highest BCUT2D eigenvalue weighted by molar-refractivity contribution is 6.42. The van der Waals surface area contributed by atoms with Crippen LogP contribution in [-0.4, -0.2) is 16.0 Å². The van der Waals surface area contributed by atoms with Crippen molar-refractivity contribution in [2.45, 2.75) is 37.6 Å². The van der Waals surface area contributed by atoms with Gasteiger partial charge in [-0.3, -0.25) is 0 Å². The molecule has 6 heteroatoms. The maximum atomic E-state index is 6.06. The molecule has 0 spiro atoms. The van der Waals surface area contributed by atoms with Crippen molar-refractivity contribution in [3.63, 3.8) is 0 Å². The van der Waals surface area contributed by atoms with Crippen LogP contribution in [0.25, 0.3) is 0 Å². The van der Waals surface area contributed by atoms with Crippen LogP contribution in [0.3, 0.4) is 0 Å². The number of aromatic nitrogens is 2. The Morgan fingerprint density at radius 1 is 0.955 bits per heavy atom. The average Bonchev–Trinajstić information content (AvgIpc) is 3.35. The van der Waals surface area contributed by atoms with E-state index >= 15 is 0 Å². The molecule has 1 heterocycles. The van der Waals surface area contributed by atoms with Crippen molar-refractivity contribution in [2.75, 3.05) is 10.6 Å². The Labute approximate surface area is 139 Å². The molecule has 22 heavy (non-hydrogen) atoms. The van der Waals surface area contributed by atoms with E-state index in [0.717, 1.165) is 23.1 Å². The first-order valence-corrected chi connectivity index (χ1v) is 8.30. The van der Waals surface area contributed by atoms with Crippen LogP contribution in [-0.2, 0) is 0 Å². The van der Waals surface area contributed by atoms with Crippen LogP contribution in [0, 0.1) is 0 Å². The minimum absolute atomic E-state index is 0.527. The molecule has 2 aromatic rings. The largest absolute Gasteiger partial charge is 0.351 e. The van der Waals surface area contributed by atoms with Crippen LogP contribution >= 0.6 is 23.2 Å². The molecule has 0 bridgehead atoms. The second-order valence-electron chi connectivity index (χ2n) is 5.95. The molecule has 2 N–H and O–H groups in total. The Kier molecular flexibility index (Phi) is 3.59. The first-order chi connectivity index (χ1) is 10.7. The van der Waals surface area contributed by atoms with Crippen molar-refractivity contribution in [3.8, 4) is 0 Å². The summed E-state index contributed by atoms with van der Waals surface area (Å²) in [5.74, 6) is 2.09. The smallest absolute Gasteiger partial charge is 0.225 e. The first-order valence-electron chi connectivity index (χ1n) is 7.55. The molecule has 0 aliphatic heterocycles. The number of nitrogens with one attached hydrogen (secondary N) is 2. The molecule has 114 valence electrons. The van der Waals surface area contributed by atoms with E-state index in [4.69, 9.17) is 23.2 Å². The van der Waals surface area contributed by atoms with Gasteiger partial charge in [-0.1, -0.05) is 23.2 Å². The van der Waals surface area contributed by atoms with Crippen LogP contribution in [0.1, 0.15) is 37.3 Å². The third kappa shape index (κ3) is 3.28. The van der Waals surface area contributed by atoms with Gasteiger partial charge in [-0.25, -0.2) is 4.98 Å². The van der Waals surface area contributed by atoms with Gasteiger partial charge in [-0.05, 0) is 43.9 Å². The summed E-state index contributed by atoms with van der Waals surface area (Å²) in [5, 5.41) is 7.74. The van der Waals surface area contributed by atoms with Gasteiger partial charge in [0.15, 0.2) is 0 Å². The molecule has 2 aliphatic rings. The Hall–Kier alpha value is -1.52. The number of rotatable bonds is 5. The van der Waals surface area contributed by atoms with E-state index in [9.17, 15) is 0 Å². The topological polar surface area (TPSA) is 49.8 Å². The maximum Gasteiger partial charge on any atom is 0.225 e. The summed E-state index contributed by atoms with van der Waals surface area (Å²) in [6.45, 7) is 0. The van der Waals surface area contributed by atoms with Gasteiger partial charge in [-0.2, -0.15) is 4.98 Å². The monoisotopic (exact) mass is 334 g/mol. The molecular weight excluding hydrogens is 319 g/mol. The minimum Gasteiger partial charge on any atom is -0.351 e. The Morgan fingerprint density at radius 3 is 2.45 bits per heavy atom. The second kappa shape index (κ2) is 5.60. The third-order valence-electron chi connectivity index (χ3n) is 3.84. The van der Waals surface area contributed by atoms with Gasteiger partial charge in [0.1, 0.15) is 5.82 Å². The van der Waals surface area contributed by atoms with Gasteiger partial charge >= 0.3 is 0 Å². The lowest BCUT2D eigenvalue weighted by Gasteiger charge is -2.11. The van der Waals surface area contributed by atoms with Crippen molar-refractivity contribution < 1.29 is 0 Å². The Bertz CT molecular complexity index is 711. The zero-order chi connectivity index (χ0) is 15.1. The average molecular weight is 335 g/mol. The lowest BCUT2D eigenvalue weighted by Crippen LogP contribution is -2.08. The number of halogens is 2. The van der Waals surface area contributed by atoms with E-state index < -0.39 is 0 Å². The van der Waals surface area contributed by atoms with Crippen LogP contribution < -0.4 is 10.6 Å². The molecule has 0 unspecified atom stereocenters. The molecular formula is C16H16Cl2N4. The molecule has 1 aromatic heterocycles. The van der Waals surface area contributed by atoms with E-state index in [2.05, 4.69) is 20.6 Å². The van der Waals surface area contributed by atoms with Crippen molar-refractivity contribution in [2.24, 2.45) is 0 Å². The van der Waals surface area contributed by atoms with Gasteiger partial charge in [0, 0.05) is 23.7 Å². The first kappa shape index (κ1) is 14.1. The van der Waals surface area contributed by atoms with Crippen LogP contribution in [0.2, 0.25) is 10.0 Å². The standard InChI is InChI=1S/C16H16Cl2N4/c17-12-6-5-11(7-13(12)18)19-15-8-14(9-1-2-9)21-16(22-15)20-10-3-4-10/h5-10H,1-4H2,(H2,19,20,21,22). The maximum absolute atomic E-state index is 6.06. The summed E-state index contributed by atoms with van der Waals surface area (Å²) in [4.78, 5) is 9.20. The summed E-state index contributed by atoms with van der Waals surface area (Å²) in [7, 11) is 0. The fourth-order valence-electron chi connectivity index (χ4n) is 2.31. The molecule has 0 saturated heterocycles. The Balaban J connectivity index is 1.61. The van der Waals surface area contributed by atoms with Crippen LogP contribution in [0.5, 0.6) is 0 Å². The van der Waals surface area contributed by atoms with Crippen molar-refractivity contribution >= 4 is 40.7 Å². The van der Waals surface area contributed by atoms with Gasteiger partial charge in [0.25, 0.3) is 0 Å². The molecule has 4 nitrogen and oxygen atoms in total. The summed E-state index contributed by atoms with van der Waals surface area (Å²) in [6, 6.07) is 8.03. The van der Waals surface area contributed by atoms with Crippen molar-refractivity contribution in [3.05, 3.63) is 40.0 Å². The predicted molar refractivity (Wildman–Crippen MR) is 90.4 cm³/mol. The summed E-state index contributed by atoms with van der Waals surface area (Å²) in [5.41, 5.74) is 1.98. The number of benzene rings is 1. The molecule has 2 aliphatic carbocycles. The summed E-state index contributed by atoms with van der Waals surface area (Å²) >= 11 is 12.0. The highest BCUT2D eigenvalue weighted by atomic mass is 35.5. The molecule has 1 aromatic carbocycles. The number of nitrogens with zero attached hydrogens (tertiary/aromatic N) is 2. The van der Waals surface area contributed by atoms with Crippen molar-refractivity contribution in [1.29, 1.82) is 0 Å². The van der Waals surface area contributed by atoms with Gasteiger partial charge in [0.2, 0.25) is 5.95 Å². The Morgan fingerprint density at radius 2 is 1.77 bits per heavy atom. The molecule has 0 amide bonds. The molecule has 2 fully saturated rings. The number of anilines is 3. The highest BCUT2D eigenvalue weighted by Gasteiger charge is 2.27. The zero-order valence-electron chi connectivity index (χ0n) is 11.9. The third-order valence-corrected chi connectivity index (χ3v) is 4.58. The van der Waals surface area contributed by atoms with E-state index in [1.807, 2.05) is 12.1 Å². The van der Waals surface area contributed by atoms with Gasteiger partial charge in [-0.15, -0.1) is 0 Å². The highest BCUT2D eigenvalue weighted by Crippen LogP contribution is 2.40. The lowest BCUT2D eigenvalue weighted by atomic mass is 10.2. The van der Waals surface area contributed by atoms with Crippen molar-refractivity contribution in [1.82, 2.24) is 9.97 Å². The zero-order valence-corrected chi connectivity index (χ0v) is 13.5. The van der Waals surface area contributed by atoms with Gasteiger partial charge in [0.05, 0.1) is 15.7 Å². The molecule has 4 rings (SSSR count). The predicted octanol–water partition coefficient (Wildman–Crippen LogP) is 4.98. The number of hydrogen-bond acceptors (Lipinski definition) is 4. The van der Waals surface area contributed by atoms with Gasteiger partial charge < -0.3 is 10.6 Å². The summed E-state index contributed by atoms with van der Waals surface area (Å²) < 4.78 is 0. The minimum atomic E-state index is 0.527. The number of hydrogen-bond donors (Lipinski definition) is 2. The van der Waals surface area contributed by atoms with E-state index in [-0.39, 0.29) is 0 Å². The normalized spacial score (nSPS) is 17.4. The quantitative estimate of drug-likeness (QED) is 0.809. The fraction of sp³-hybridized carbons (Fsp3) is 0.375. The van der Waals surface area contributed by atoms with E-state index in [1.165, 1.54) is 25.7 Å². The van der Waals surface area contributed by atoms with Crippen LogP contribution in [0.15, 0.2) is 24.3 Å². The molecule has 2 saturated carbocycles. The summed E-state index contributed by atoms with van der Waals surface area (Å²) in [6.07, 6.45) is 4.83. The second-order valence-corrected chi connectivity index (χ2v) is 6.76. The van der Waals surface area contributed by atoms with Crippen LogP contribution in [0.4, 0.5) is 17.5 Å². The fourth-order valence-corrected chi connectivity index (χ4v) is 2.61. The molecule has 0 atom stereocenters. The van der Waals surface area contributed by atoms with E-state index in [1.54, 1.807) is 12.1 Å². The van der Waals surface area contributed by atoms with E-state index in [0.29, 0.717) is 22.0 Å².